The van der Waals surface area contributed by atoms with E-state index in [1.807, 2.05) is 13.1 Å². The molecule has 0 aliphatic heterocycles. The number of allylic oxidation sites excluding steroid dienone is 1. The third kappa shape index (κ3) is 5.81. The summed E-state index contributed by atoms with van der Waals surface area (Å²) in [4.78, 5) is 26.6. The van der Waals surface area contributed by atoms with Gasteiger partial charge in [0.25, 0.3) is 5.69 Å². The first-order chi connectivity index (χ1) is 13.7. The van der Waals surface area contributed by atoms with Crippen LogP contribution in [0.15, 0.2) is 37.1 Å². The molecule has 0 spiro atoms. The highest BCUT2D eigenvalue weighted by Gasteiger charge is 2.27. The zero-order valence-corrected chi connectivity index (χ0v) is 17.4. The van der Waals surface area contributed by atoms with Crippen molar-refractivity contribution < 1.29 is 18.8 Å². The summed E-state index contributed by atoms with van der Waals surface area (Å²) in [6.07, 6.45) is 5.58. The Bertz CT molecular complexity index is 914. The minimum atomic E-state index is -2.18. The fraction of sp³-hybridized carbons (Fsp3) is 0.316. The molecule has 0 saturated carbocycles. The third-order valence-corrected chi connectivity index (χ3v) is 7.26. The zero-order chi connectivity index (χ0) is 21.6. The van der Waals surface area contributed by atoms with E-state index >= 15 is 0 Å². The number of carbonyl (C=O) groups excluding carboxylic acids is 1. The predicted octanol–water partition coefficient (Wildman–Crippen LogP) is 4.07. The van der Waals surface area contributed by atoms with Crippen LogP contribution < -0.4 is 5.73 Å². The summed E-state index contributed by atoms with van der Waals surface area (Å²) in [6, 6.07) is 3.82. The Kier molecular flexibility index (Phi) is 7.40. The molecule has 2 N–H and O–H groups in total. The molecule has 0 atom stereocenters. The van der Waals surface area contributed by atoms with E-state index in [9.17, 15) is 19.3 Å². The molecule has 0 bridgehead atoms. The summed E-state index contributed by atoms with van der Waals surface area (Å²) in [6.45, 7) is 7.88. The van der Waals surface area contributed by atoms with E-state index in [0.29, 0.717) is 24.9 Å². The molecule has 10 heteroatoms. The molecule has 0 aliphatic rings. The van der Waals surface area contributed by atoms with Crippen molar-refractivity contribution in [2.75, 3.05) is 6.61 Å². The summed E-state index contributed by atoms with van der Waals surface area (Å²) in [7, 11) is -2.18. The first kappa shape index (κ1) is 22.4. The molecule has 1 aromatic heterocycles. The number of nitro groups is 1. The lowest BCUT2D eigenvalue weighted by Gasteiger charge is -2.17. The summed E-state index contributed by atoms with van der Waals surface area (Å²) >= 11 is 0. The van der Waals surface area contributed by atoms with Gasteiger partial charge >= 0.3 is 0 Å². The number of benzene rings is 1. The Morgan fingerprint density at radius 3 is 2.83 bits per heavy atom. The molecule has 1 radical (unpaired) electrons. The van der Waals surface area contributed by atoms with Crippen molar-refractivity contribution >= 4 is 19.3 Å². The second-order valence-corrected chi connectivity index (χ2v) is 11.9. The van der Waals surface area contributed by atoms with Crippen LogP contribution in [0.1, 0.15) is 12.2 Å². The molecule has 8 nitrogen and oxygen atoms in total. The van der Waals surface area contributed by atoms with E-state index in [2.05, 4.69) is 11.6 Å². The normalized spacial score (nSPS) is 11.4. The average Bonchev–Trinajstić information content (AvgIpc) is 3.06. The third-order valence-electron chi connectivity index (χ3n) is 4.47. The van der Waals surface area contributed by atoms with Crippen molar-refractivity contribution in [2.24, 2.45) is 5.73 Å². The molecule has 1 aromatic carbocycles. The number of amides is 1. The number of halogens is 1. The van der Waals surface area contributed by atoms with Crippen molar-refractivity contribution in [3.05, 3.63) is 65.2 Å². The standard InChI is InChI=1S/C19H24FN4O4Si/c1-4-5-6-18-22-16(15-11-14(20)7-8-17(15)24(26)27)12-23(18)13-28-9-10-29(2,3)19(21)25/h4,6-8,11-12H,1,5,9-10,13H2,2-3H3,(H2,21,25). The summed E-state index contributed by atoms with van der Waals surface area (Å²) in [5, 5.41) is 11.3. The van der Waals surface area contributed by atoms with E-state index in [1.165, 1.54) is 0 Å². The van der Waals surface area contributed by atoms with Crippen LogP contribution in [0.3, 0.4) is 0 Å². The van der Waals surface area contributed by atoms with Crippen LogP contribution >= 0.6 is 0 Å². The van der Waals surface area contributed by atoms with Crippen molar-refractivity contribution in [3.8, 4) is 11.3 Å². The van der Waals surface area contributed by atoms with Gasteiger partial charge in [0.15, 0.2) is 13.6 Å². The summed E-state index contributed by atoms with van der Waals surface area (Å²) < 4.78 is 21.0. The number of nitrogens with zero attached hydrogens (tertiary/aromatic N) is 3. The highest BCUT2D eigenvalue weighted by atomic mass is 28.3. The minimum Gasteiger partial charge on any atom is -0.374 e. The van der Waals surface area contributed by atoms with Gasteiger partial charge in [-0.15, -0.1) is 6.58 Å². The van der Waals surface area contributed by atoms with Gasteiger partial charge in [0.2, 0.25) is 0 Å². The van der Waals surface area contributed by atoms with E-state index in [-0.39, 0.29) is 29.2 Å². The Morgan fingerprint density at radius 1 is 1.48 bits per heavy atom. The van der Waals surface area contributed by atoms with Crippen LogP contribution in [0.5, 0.6) is 0 Å². The molecular formula is C19H24FN4O4Si. The molecule has 29 heavy (non-hydrogen) atoms. The molecule has 0 fully saturated rings. The van der Waals surface area contributed by atoms with Gasteiger partial charge in [-0.1, -0.05) is 19.2 Å². The summed E-state index contributed by atoms with van der Waals surface area (Å²) in [5.41, 5.74) is 5.26. The van der Waals surface area contributed by atoms with Gasteiger partial charge in [-0.3, -0.25) is 14.9 Å². The van der Waals surface area contributed by atoms with Gasteiger partial charge in [-0.2, -0.15) is 0 Å². The molecular weight excluding hydrogens is 395 g/mol. The topological polar surface area (TPSA) is 113 Å². The molecule has 1 amide bonds. The quantitative estimate of drug-likeness (QED) is 0.194. The van der Waals surface area contributed by atoms with Crippen LogP contribution in [0.4, 0.5) is 14.9 Å². The SMILES string of the molecule is C=CC[CH]c1nc(-c2cc(F)ccc2[N+](=O)[O-])cn1COCC[Si](C)(C)C(N)=O. The van der Waals surface area contributed by atoms with Gasteiger partial charge in [0, 0.05) is 25.3 Å². The average molecular weight is 420 g/mol. The van der Waals surface area contributed by atoms with Gasteiger partial charge in [0.1, 0.15) is 18.4 Å². The molecule has 1 heterocycles. The number of hydrogen-bond acceptors (Lipinski definition) is 5. The Hall–Kier alpha value is -2.85. The van der Waals surface area contributed by atoms with Gasteiger partial charge in [-0.05, 0) is 24.6 Å². The van der Waals surface area contributed by atoms with Crippen LogP contribution in [-0.2, 0) is 11.5 Å². The first-order valence-electron chi connectivity index (χ1n) is 8.99. The lowest BCUT2D eigenvalue weighted by atomic mass is 10.1. The van der Waals surface area contributed by atoms with E-state index < -0.39 is 18.8 Å². The van der Waals surface area contributed by atoms with Crippen LogP contribution in [0.25, 0.3) is 11.3 Å². The highest BCUT2D eigenvalue weighted by Crippen LogP contribution is 2.30. The number of aromatic nitrogens is 2. The maximum atomic E-state index is 13.7. The zero-order valence-electron chi connectivity index (χ0n) is 16.4. The number of rotatable bonds is 11. The van der Waals surface area contributed by atoms with Crippen molar-refractivity contribution in [1.29, 1.82) is 0 Å². The first-order valence-corrected chi connectivity index (χ1v) is 12.2. The number of ether oxygens (including phenoxy) is 1. The smallest absolute Gasteiger partial charge is 0.279 e. The Labute approximate surface area is 169 Å². The molecule has 2 aromatic rings. The second-order valence-electron chi connectivity index (χ2n) is 7.14. The number of imidazole rings is 1. The van der Waals surface area contributed by atoms with E-state index in [1.54, 1.807) is 23.3 Å². The van der Waals surface area contributed by atoms with Crippen molar-refractivity contribution in [1.82, 2.24) is 9.55 Å². The fourth-order valence-electron chi connectivity index (χ4n) is 2.50. The van der Waals surface area contributed by atoms with Gasteiger partial charge < -0.3 is 15.0 Å². The Morgan fingerprint density at radius 2 is 2.21 bits per heavy atom. The number of hydrogen-bond donors (Lipinski definition) is 1. The molecule has 155 valence electrons. The van der Waals surface area contributed by atoms with E-state index in [0.717, 1.165) is 18.2 Å². The number of nitrogens with two attached hydrogens (primary N) is 1. The maximum absolute atomic E-state index is 13.7. The van der Waals surface area contributed by atoms with E-state index in [4.69, 9.17) is 10.5 Å². The maximum Gasteiger partial charge on any atom is 0.279 e. The number of nitro benzene ring substituents is 1. The molecule has 0 aliphatic carbocycles. The highest BCUT2D eigenvalue weighted by molar-refractivity contribution is 7.03. The summed E-state index contributed by atoms with van der Waals surface area (Å²) in [5.74, 6) is -0.0727. The van der Waals surface area contributed by atoms with Crippen molar-refractivity contribution in [2.45, 2.75) is 32.3 Å². The fourth-order valence-corrected chi connectivity index (χ4v) is 3.40. The molecule has 0 unspecified atom stereocenters. The molecule has 0 saturated heterocycles. The van der Waals surface area contributed by atoms with Crippen LogP contribution in [0, 0.1) is 22.4 Å². The largest absolute Gasteiger partial charge is 0.374 e. The van der Waals surface area contributed by atoms with Gasteiger partial charge in [-0.25, -0.2) is 9.37 Å². The number of carbonyl (C=O) groups is 1. The number of primary amides is 1. The lowest BCUT2D eigenvalue weighted by molar-refractivity contribution is -0.384. The van der Waals surface area contributed by atoms with Crippen molar-refractivity contribution in [3.63, 3.8) is 0 Å². The second kappa shape index (κ2) is 9.57. The lowest BCUT2D eigenvalue weighted by Crippen LogP contribution is -2.42. The predicted molar refractivity (Wildman–Crippen MR) is 110 cm³/mol. The molecule has 2 rings (SSSR count). The monoisotopic (exact) mass is 419 g/mol. The van der Waals surface area contributed by atoms with Gasteiger partial charge in [0.05, 0.1) is 16.2 Å². The van der Waals surface area contributed by atoms with Crippen LogP contribution in [0.2, 0.25) is 19.1 Å². The Balaban J connectivity index is 2.24. The minimum absolute atomic E-state index is 0.0873. The van der Waals surface area contributed by atoms with Crippen LogP contribution in [-0.4, -0.2) is 34.7 Å².